The SMILES string of the molecule is CCc1ccc(NC(=O)c2cc(OC)c(OC)c(OC)c2)c(Br)c1. The summed E-state index contributed by atoms with van der Waals surface area (Å²) < 4.78 is 16.7. The molecule has 0 aliphatic rings. The molecule has 2 aromatic rings. The second-order valence-corrected chi connectivity index (χ2v) is 5.89. The van der Waals surface area contributed by atoms with Gasteiger partial charge in [-0.2, -0.15) is 0 Å². The largest absolute Gasteiger partial charge is 0.493 e. The lowest BCUT2D eigenvalue weighted by Gasteiger charge is -2.14. The number of anilines is 1. The van der Waals surface area contributed by atoms with Crippen molar-refractivity contribution in [1.29, 1.82) is 0 Å². The van der Waals surface area contributed by atoms with E-state index in [1.807, 2.05) is 18.2 Å². The van der Waals surface area contributed by atoms with E-state index in [-0.39, 0.29) is 5.91 Å². The first-order valence-corrected chi connectivity index (χ1v) is 8.23. The van der Waals surface area contributed by atoms with Crippen LogP contribution in [0.1, 0.15) is 22.8 Å². The molecule has 6 heteroatoms. The summed E-state index contributed by atoms with van der Waals surface area (Å²) in [7, 11) is 4.55. The molecule has 0 bridgehead atoms. The van der Waals surface area contributed by atoms with Gasteiger partial charge in [0.05, 0.1) is 27.0 Å². The molecule has 1 N–H and O–H groups in total. The fourth-order valence-corrected chi connectivity index (χ4v) is 2.81. The van der Waals surface area contributed by atoms with Crippen LogP contribution >= 0.6 is 15.9 Å². The number of hydrogen-bond acceptors (Lipinski definition) is 4. The van der Waals surface area contributed by atoms with Crippen molar-refractivity contribution in [2.24, 2.45) is 0 Å². The maximum absolute atomic E-state index is 12.6. The fraction of sp³-hybridized carbons (Fsp3) is 0.278. The molecule has 2 rings (SSSR count). The van der Waals surface area contributed by atoms with Crippen LogP contribution < -0.4 is 19.5 Å². The highest BCUT2D eigenvalue weighted by Crippen LogP contribution is 2.38. The van der Waals surface area contributed by atoms with Gasteiger partial charge in [-0.15, -0.1) is 0 Å². The van der Waals surface area contributed by atoms with Gasteiger partial charge >= 0.3 is 0 Å². The number of nitrogens with one attached hydrogen (secondary N) is 1. The first-order valence-electron chi connectivity index (χ1n) is 7.43. The minimum atomic E-state index is -0.265. The molecule has 0 saturated carbocycles. The number of benzene rings is 2. The number of rotatable bonds is 6. The predicted molar refractivity (Wildman–Crippen MR) is 97.6 cm³/mol. The molecule has 24 heavy (non-hydrogen) atoms. The number of amides is 1. The van der Waals surface area contributed by atoms with E-state index in [4.69, 9.17) is 14.2 Å². The minimum absolute atomic E-state index is 0.265. The van der Waals surface area contributed by atoms with E-state index in [2.05, 4.69) is 28.2 Å². The normalized spacial score (nSPS) is 10.2. The molecule has 0 aromatic heterocycles. The van der Waals surface area contributed by atoms with Gasteiger partial charge in [-0.1, -0.05) is 13.0 Å². The van der Waals surface area contributed by atoms with Crippen molar-refractivity contribution in [2.45, 2.75) is 13.3 Å². The van der Waals surface area contributed by atoms with Crippen LogP contribution in [-0.4, -0.2) is 27.2 Å². The first-order chi connectivity index (χ1) is 11.5. The van der Waals surface area contributed by atoms with Crippen molar-refractivity contribution in [1.82, 2.24) is 0 Å². The van der Waals surface area contributed by atoms with Gasteiger partial charge in [-0.05, 0) is 52.2 Å². The molecular formula is C18H20BrNO4. The third kappa shape index (κ3) is 3.82. The molecule has 0 unspecified atom stereocenters. The Balaban J connectivity index is 2.33. The molecule has 0 radical (unpaired) electrons. The van der Waals surface area contributed by atoms with Gasteiger partial charge in [0.25, 0.3) is 5.91 Å². The van der Waals surface area contributed by atoms with Crippen LogP contribution in [0, 0.1) is 0 Å². The number of halogens is 1. The third-order valence-electron chi connectivity index (χ3n) is 3.62. The number of carbonyl (C=O) groups is 1. The number of aryl methyl sites for hydroxylation is 1. The van der Waals surface area contributed by atoms with Crippen LogP contribution in [0.5, 0.6) is 17.2 Å². The Hall–Kier alpha value is -2.21. The van der Waals surface area contributed by atoms with Crippen LogP contribution in [0.3, 0.4) is 0 Å². The molecular weight excluding hydrogens is 374 g/mol. The molecule has 0 atom stereocenters. The van der Waals surface area contributed by atoms with Gasteiger partial charge in [-0.3, -0.25) is 4.79 Å². The molecule has 2 aromatic carbocycles. The summed E-state index contributed by atoms with van der Waals surface area (Å²) in [6.07, 6.45) is 0.930. The van der Waals surface area contributed by atoms with E-state index in [0.29, 0.717) is 28.5 Å². The molecule has 0 aliphatic carbocycles. The van der Waals surface area contributed by atoms with Crippen molar-refractivity contribution in [3.8, 4) is 17.2 Å². The van der Waals surface area contributed by atoms with Crippen molar-refractivity contribution >= 4 is 27.5 Å². The van der Waals surface area contributed by atoms with Crippen LogP contribution in [-0.2, 0) is 6.42 Å². The molecule has 0 heterocycles. The van der Waals surface area contributed by atoms with Gasteiger partial charge in [-0.25, -0.2) is 0 Å². The monoisotopic (exact) mass is 393 g/mol. The van der Waals surface area contributed by atoms with Gasteiger partial charge in [0.1, 0.15) is 0 Å². The van der Waals surface area contributed by atoms with Crippen LogP contribution in [0.25, 0.3) is 0 Å². The first kappa shape index (κ1) is 18.1. The molecule has 128 valence electrons. The van der Waals surface area contributed by atoms with Crippen LogP contribution in [0.15, 0.2) is 34.8 Å². The number of hydrogen-bond donors (Lipinski definition) is 1. The van der Waals surface area contributed by atoms with Gasteiger partial charge < -0.3 is 19.5 Å². The maximum atomic E-state index is 12.6. The van der Waals surface area contributed by atoms with E-state index in [1.54, 1.807) is 12.1 Å². The quantitative estimate of drug-likeness (QED) is 0.794. The Bertz CT molecular complexity index is 721. The van der Waals surface area contributed by atoms with Crippen molar-refractivity contribution < 1.29 is 19.0 Å². The Labute approximate surface area is 150 Å². The number of ether oxygens (including phenoxy) is 3. The van der Waals surface area contributed by atoms with Crippen LogP contribution in [0.4, 0.5) is 5.69 Å². The Morgan fingerprint density at radius 2 is 1.67 bits per heavy atom. The summed E-state index contributed by atoms with van der Waals surface area (Å²) in [4.78, 5) is 12.6. The molecule has 0 spiro atoms. The van der Waals surface area contributed by atoms with E-state index in [9.17, 15) is 4.79 Å². The zero-order chi connectivity index (χ0) is 17.7. The van der Waals surface area contributed by atoms with Crippen molar-refractivity contribution in [3.05, 3.63) is 45.9 Å². The summed E-state index contributed by atoms with van der Waals surface area (Å²) in [5.41, 5.74) is 2.30. The smallest absolute Gasteiger partial charge is 0.255 e. The van der Waals surface area contributed by atoms with Crippen molar-refractivity contribution in [2.75, 3.05) is 26.6 Å². The fourth-order valence-electron chi connectivity index (χ4n) is 2.29. The summed E-state index contributed by atoms with van der Waals surface area (Å²) in [6, 6.07) is 9.08. The van der Waals surface area contributed by atoms with Gasteiger partial charge in [0.2, 0.25) is 5.75 Å². The van der Waals surface area contributed by atoms with E-state index >= 15 is 0 Å². The maximum Gasteiger partial charge on any atom is 0.255 e. The summed E-state index contributed by atoms with van der Waals surface area (Å²) in [6.45, 7) is 2.08. The zero-order valence-electron chi connectivity index (χ0n) is 14.1. The Morgan fingerprint density at radius 3 is 2.12 bits per heavy atom. The molecule has 0 saturated heterocycles. The molecule has 0 fully saturated rings. The summed E-state index contributed by atoms with van der Waals surface area (Å²) in [5.74, 6) is 1.05. The lowest BCUT2D eigenvalue weighted by molar-refractivity contribution is 0.102. The second kappa shape index (κ2) is 8.06. The lowest BCUT2D eigenvalue weighted by atomic mass is 10.1. The highest BCUT2D eigenvalue weighted by atomic mass is 79.9. The molecule has 1 amide bonds. The number of carbonyl (C=O) groups excluding carboxylic acids is 1. The average molecular weight is 394 g/mol. The average Bonchev–Trinajstić information content (AvgIpc) is 2.61. The number of methoxy groups -OCH3 is 3. The lowest BCUT2D eigenvalue weighted by Crippen LogP contribution is -2.13. The summed E-state index contributed by atoms with van der Waals surface area (Å²) >= 11 is 3.48. The zero-order valence-corrected chi connectivity index (χ0v) is 15.7. The topological polar surface area (TPSA) is 56.8 Å². The minimum Gasteiger partial charge on any atom is -0.493 e. The van der Waals surface area contributed by atoms with Crippen LogP contribution in [0.2, 0.25) is 0 Å². The Morgan fingerprint density at radius 1 is 1.04 bits per heavy atom. The highest BCUT2D eigenvalue weighted by Gasteiger charge is 2.17. The molecule has 0 aliphatic heterocycles. The van der Waals surface area contributed by atoms with Gasteiger partial charge in [0.15, 0.2) is 11.5 Å². The Kier molecular flexibility index (Phi) is 6.09. The van der Waals surface area contributed by atoms with E-state index < -0.39 is 0 Å². The van der Waals surface area contributed by atoms with Gasteiger partial charge in [0, 0.05) is 10.0 Å². The second-order valence-electron chi connectivity index (χ2n) is 5.04. The van der Waals surface area contributed by atoms with Crippen molar-refractivity contribution in [3.63, 3.8) is 0 Å². The highest BCUT2D eigenvalue weighted by molar-refractivity contribution is 9.10. The predicted octanol–water partition coefficient (Wildman–Crippen LogP) is 4.29. The van der Waals surface area contributed by atoms with E-state index in [0.717, 1.165) is 10.9 Å². The van der Waals surface area contributed by atoms with E-state index in [1.165, 1.54) is 26.9 Å². The standard InChI is InChI=1S/C18H20BrNO4/c1-5-11-6-7-14(13(19)8-11)20-18(21)12-9-15(22-2)17(24-4)16(10-12)23-3/h6-10H,5H2,1-4H3,(H,20,21). The summed E-state index contributed by atoms with van der Waals surface area (Å²) in [5, 5.41) is 2.88. The molecule has 5 nitrogen and oxygen atoms in total. The third-order valence-corrected chi connectivity index (χ3v) is 4.27.